The number of oxazole rings is 1. The van der Waals surface area contributed by atoms with Crippen LogP contribution in [0.3, 0.4) is 0 Å². The summed E-state index contributed by atoms with van der Waals surface area (Å²) in [6, 6.07) is 10.8. The van der Waals surface area contributed by atoms with Gasteiger partial charge >= 0.3 is 0 Å². The van der Waals surface area contributed by atoms with E-state index in [1.807, 2.05) is 24.3 Å². The summed E-state index contributed by atoms with van der Waals surface area (Å²) in [7, 11) is -3.92. The van der Waals surface area contributed by atoms with E-state index in [1.54, 1.807) is 24.3 Å². The fraction of sp³-hybridized carbons (Fsp3) is 0.407. The predicted molar refractivity (Wildman–Crippen MR) is 138 cm³/mol. The van der Waals surface area contributed by atoms with Gasteiger partial charge in [-0.05, 0) is 48.2 Å². The van der Waals surface area contributed by atoms with Crippen LogP contribution in [-0.4, -0.2) is 43.3 Å². The summed E-state index contributed by atoms with van der Waals surface area (Å²) < 4.78 is 42.1. The second-order valence-corrected chi connectivity index (χ2v) is 12.0. The molecule has 0 radical (unpaired) electrons. The van der Waals surface area contributed by atoms with Crippen molar-refractivity contribution in [3.8, 4) is 0 Å². The molecule has 1 saturated heterocycles. The quantitative estimate of drug-likeness (QED) is 0.481. The minimum absolute atomic E-state index is 0.0496. The summed E-state index contributed by atoms with van der Waals surface area (Å²) in [4.78, 5) is 8.95. The van der Waals surface area contributed by atoms with E-state index in [2.05, 4.69) is 41.9 Å². The Balaban J connectivity index is 1.47. The molecule has 1 fully saturated rings. The van der Waals surface area contributed by atoms with E-state index in [4.69, 9.17) is 14.1 Å². The van der Waals surface area contributed by atoms with Crippen LogP contribution in [0.25, 0.3) is 11.1 Å². The average Bonchev–Trinajstić information content (AvgIpc) is 3.28. The van der Waals surface area contributed by atoms with E-state index in [0.29, 0.717) is 25.3 Å². The van der Waals surface area contributed by atoms with Crippen molar-refractivity contribution >= 4 is 21.1 Å². The number of pyridine rings is 1. The maximum absolute atomic E-state index is 13.2. The number of rotatable bonds is 6. The lowest BCUT2D eigenvalue weighted by atomic mass is 9.86. The molecule has 1 aromatic carbocycles. The number of piperidine rings is 1. The molecule has 0 saturated carbocycles. The molecule has 190 valence electrons. The smallest absolute Gasteiger partial charge is 0.260 e. The lowest BCUT2D eigenvalue weighted by molar-refractivity contribution is -0.0911. The number of para-hydroxylation sites is 1. The highest BCUT2D eigenvalue weighted by Crippen LogP contribution is 2.36. The van der Waals surface area contributed by atoms with Gasteiger partial charge in [0, 0.05) is 19.2 Å². The van der Waals surface area contributed by atoms with Crippen molar-refractivity contribution in [2.75, 3.05) is 13.1 Å². The Kier molecular flexibility index (Phi) is 6.59. The van der Waals surface area contributed by atoms with Gasteiger partial charge in [-0.3, -0.25) is 0 Å². The number of hydrogen-bond donors (Lipinski definition) is 2. The Bertz CT molecular complexity index is 1390. The van der Waals surface area contributed by atoms with Gasteiger partial charge in [0.15, 0.2) is 16.3 Å². The Hall–Kier alpha value is -2.85. The first-order valence-corrected chi connectivity index (χ1v) is 13.7. The van der Waals surface area contributed by atoms with Gasteiger partial charge in [-0.1, -0.05) is 57.2 Å². The molecule has 9 heteroatoms. The van der Waals surface area contributed by atoms with Gasteiger partial charge < -0.3 is 14.5 Å². The molecule has 0 spiro atoms. The predicted octanol–water partition coefficient (Wildman–Crippen LogP) is 4.17. The number of sulfonamides is 1. The average molecular weight is 509 g/mol. The molecular formula is C27H32N4O4S. The normalized spacial score (nSPS) is 24.9. The molecule has 1 aliphatic carbocycles. The Morgan fingerprint density at radius 1 is 1.17 bits per heavy atom. The van der Waals surface area contributed by atoms with E-state index >= 15 is 0 Å². The third-order valence-corrected chi connectivity index (χ3v) is 8.00. The largest absolute Gasteiger partial charge is 0.440 e. The van der Waals surface area contributed by atoms with Crippen LogP contribution in [0.5, 0.6) is 0 Å². The maximum Gasteiger partial charge on any atom is 0.260 e. The first-order valence-electron chi connectivity index (χ1n) is 12.2. The molecule has 0 amide bonds. The zero-order valence-electron chi connectivity index (χ0n) is 20.8. The van der Waals surface area contributed by atoms with Crippen LogP contribution in [0.1, 0.15) is 51.0 Å². The number of hydrogen-bond acceptors (Lipinski definition) is 7. The number of benzene rings is 1. The molecule has 2 aliphatic rings. The SMILES string of the molecule is CC(C)(C)c1cccc2oc(C3CNCCC3OC3(NS(=O)(=O)c4ccccn4)C=CC=CC3)nc12. The van der Waals surface area contributed by atoms with Gasteiger partial charge in [-0.15, -0.1) is 0 Å². The van der Waals surface area contributed by atoms with Crippen molar-refractivity contribution in [1.29, 1.82) is 0 Å². The highest BCUT2D eigenvalue weighted by Gasteiger charge is 2.41. The Labute approximate surface area is 211 Å². The zero-order chi connectivity index (χ0) is 25.4. The summed E-state index contributed by atoms with van der Waals surface area (Å²) in [6.45, 7) is 7.84. The summed E-state index contributed by atoms with van der Waals surface area (Å²) in [5.74, 6) is 0.409. The topological polar surface area (TPSA) is 106 Å². The van der Waals surface area contributed by atoms with E-state index in [1.165, 1.54) is 12.3 Å². The Morgan fingerprint density at radius 3 is 2.75 bits per heavy atom. The minimum atomic E-state index is -3.92. The monoisotopic (exact) mass is 508 g/mol. The van der Waals surface area contributed by atoms with Crippen LogP contribution in [0.4, 0.5) is 0 Å². The molecule has 36 heavy (non-hydrogen) atoms. The second kappa shape index (κ2) is 9.55. The molecule has 2 N–H and O–H groups in total. The molecule has 3 aromatic rings. The number of fused-ring (bicyclic) bond motifs is 1. The second-order valence-electron chi connectivity index (χ2n) is 10.4. The van der Waals surface area contributed by atoms with Gasteiger partial charge in [0.2, 0.25) is 5.89 Å². The third kappa shape index (κ3) is 5.01. The summed E-state index contributed by atoms with van der Waals surface area (Å²) in [6.07, 6.45) is 9.51. The molecule has 3 atom stereocenters. The van der Waals surface area contributed by atoms with Crippen molar-refractivity contribution in [3.05, 3.63) is 78.4 Å². The van der Waals surface area contributed by atoms with Crippen LogP contribution >= 0.6 is 0 Å². The van der Waals surface area contributed by atoms with Crippen LogP contribution < -0.4 is 10.0 Å². The molecule has 5 rings (SSSR count). The molecule has 3 unspecified atom stereocenters. The van der Waals surface area contributed by atoms with Crippen molar-refractivity contribution in [3.63, 3.8) is 0 Å². The van der Waals surface area contributed by atoms with Crippen molar-refractivity contribution < 1.29 is 17.6 Å². The summed E-state index contributed by atoms with van der Waals surface area (Å²) in [5.41, 5.74) is 1.40. The number of nitrogens with zero attached hydrogens (tertiary/aromatic N) is 2. The van der Waals surface area contributed by atoms with Crippen LogP contribution in [0, 0.1) is 0 Å². The van der Waals surface area contributed by atoms with Crippen LogP contribution in [-0.2, 0) is 20.2 Å². The fourth-order valence-electron chi connectivity index (χ4n) is 4.80. The van der Waals surface area contributed by atoms with E-state index < -0.39 is 15.7 Å². The van der Waals surface area contributed by atoms with Crippen molar-refractivity contribution in [2.24, 2.45) is 0 Å². The molecule has 0 bridgehead atoms. The molecule has 2 aromatic heterocycles. The number of ether oxygens (including phenoxy) is 1. The summed E-state index contributed by atoms with van der Waals surface area (Å²) >= 11 is 0. The van der Waals surface area contributed by atoms with Gasteiger partial charge in [0.25, 0.3) is 10.0 Å². The maximum atomic E-state index is 13.2. The van der Waals surface area contributed by atoms with Crippen molar-refractivity contribution in [1.82, 2.24) is 20.0 Å². The van der Waals surface area contributed by atoms with Gasteiger partial charge in [0.1, 0.15) is 5.52 Å². The minimum Gasteiger partial charge on any atom is -0.440 e. The fourth-order valence-corrected chi connectivity index (χ4v) is 6.01. The molecule has 8 nitrogen and oxygen atoms in total. The lowest BCUT2D eigenvalue weighted by Crippen LogP contribution is -2.54. The molecular weight excluding hydrogens is 476 g/mol. The van der Waals surface area contributed by atoms with Gasteiger partial charge in [0.05, 0.1) is 12.0 Å². The van der Waals surface area contributed by atoms with E-state index in [-0.39, 0.29) is 22.5 Å². The number of nitrogens with one attached hydrogen (secondary N) is 2. The van der Waals surface area contributed by atoms with E-state index in [0.717, 1.165) is 23.2 Å². The van der Waals surface area contributed by atoms with E-state index in [9.17, 15) is 8.42 Å². The number of aromatic nitrogens is 2. The Morgan fingerprint density at radius 2 is 2.03 bits per heavy atom. The van der Waals surface area contributed by atoms with Gasteiger partial charge in [-0.25, -0.2) is 18.4 Å². The third-order valence-electron chi connectivity index (χ3n) is 6.60. The van der Waals surface area contributed by atoms with Crippen LogP contribution in [0.15, 0.2) is 76.3 Å². The zero-order valence-corrected chi connectivity index (χ0v) is 21.6. The molecule has 1 aliphatic heterocycles. The highest BCUT2D eigenvalue weighted by atomic mass is 32.2. The molecule has 3 heterocycles. The summed E-state index contributed by atoms with van der Waals surface area (Å²) in [5, 5.41) is 3.37. The van der Waals surface area contributed by atoms with Crippen molar-refractivity contribution in [2.45, 2.75) is 61.8 Å². The van der Waals surface area contributed by atoms with Crippen LogP contribution in [0.2, 0.25) is 0 Å². The standard InChI is InChI=1S/C27H32N4O4S/c1-26(2,3)20-10-9-11-22-24(20)30-25(34-22)19-18-28-17-13-21(19)35-27(14-6-4-7-15-27)31-36(32,33)23-12-5-8-16-29-23/h4-12,14,16,19,21,28,31H,13,15,17-18H2,1-3H3. The lowest BCUT2D eigenvalue weighted by Gasteiger charge is -2.39. The van der Waals surface area contributed by atoms with Gasteiger partial charge in [-0.2, -0.15) is 4.72 Å². The highest BCUT2D eigenvalue weighted by molar-refractivity contribution is 7.89. The first kappa shape index (κ1) is 24.8. The number of allylic oxidation sites excluding steroid dienone is 2. The first-order chi connectivity index (χ1) is 17.2.